The molecule has 3 rings (SSSR count). The molecule has 3 heteroatoms. The molecule has 0 aliphatic heterocycles. The molecule has 0 spiro atoms. The van der Waals surface area contributed by atoms with Gasteiger partial charge in [-0.2, -0.15) is 0 Å². The molecule has 3 aromatic rings. The van der Waals surface area contributed by atoms with Crippen molar-refractivity contribution in [3.8, 4) is 0 Å². The maximum absolute atomic E-state index is 5.72. The molecule has 2 aromatic carbocycles. The molecular weight excluding hydrogens is 260 g/mol. The Bertz CT molecular complexity index is 662. The highest BCUT2D eigenvalue weighted by atomic mass is 16.5. The van der Waals surface area contributed by atoms with E-state index in [1.807, 2.05) is 35.0 Å². The first-order valence-corrected chi connectivity index (χ1v) is 7.10. The molecule has 1 heterocycles. The van der Waals surface area contributed by atoms with Crippen LogP contribution in [0.5, 0.6) is 0 Å². The van der Waals surface area contributed by atoms with Gasteiger partial charge in [-0.15, -0.1) is 0 Å². The first kappa shape index (κ1) is 13.6. The summed E-state index contributed by atoms with van der Waals surface area (Å²) < 4.78 is 9.92. The summed E-state index contributed by atoms with van der Waals surface area (Å²) in [7, 11) is 0. The van der Waals surface area contributed by atoms with Crippen molar-refractivity contribution < 1.29 is 9.30 Å². The number of ether oxygens (including phenoxy) is 1. The molecule has 0 radical (unpaired) electrons. The van der Waals surface area contributed by atoms with Crippen molar-refractivity contribution in [1.29, 1.82) is 0 Å². The van der Waals surface area contributed by atoms with Gasteiger partial charge in [0.1, 0.15) is 18.9 Å². The van der Waals surface area contributed by atoms with Crippen molar-refractivity contribution in [2.24, 2.45) is 0 Å². The van der Waals surface area contributed by atoms with Gasteiger partial charge in [-0.05, 0) is 11.1 Å². The third-order valence-corrected chi connectivity index (χ3v) is 3.31. The average molecular weight is 279 g/mol. The van der Waals surface area contributed by atoms with Gasteiger partial charge in [-0.3, -0.25) is 0 Å². The van der Waals surface area contributed by atoms with E-state index in [9.17, 15) is 0 Å². The molecule has 21 heavy (non-hydrogen) atoms. The van der Waals surface area contributed by atoms with Crippen LogP contribution in [-0.4, -0.2) is 4.57 Å². The summed E-state index contributed by atoms with van der Waals surface area (Å²) in [6.07, 6.45) is 6.17. The van der Waals surface area contributed by atoms with E-state index >= 15 is 0 Å². The molecule has 0 fully saturated rings. The van der Waals surface area contributed by atoms with Gasteiger partial charge in [0.05, 0.1) is 6.61 Å². The van der Waals surface area contributed by atoms with Crippen LogP contribution in [0.3, 0.4) is 0 Å². The smallest absolute Gasteiger partial charge is 0.245 e. The molecule has 0 N–H and O–H groups in total. The third-order valence-electron chi connectivity index (χ3n) is 3.31. The minimum absolute atomic E-state index is 0.566. The fraction of sp³-hybridized carbons (Fsp3) is 0.167. The van der Waals surface area contributed by atoms with Crippen LogP contribution in [0.1, 0.15) is 11.1 Å². The van der Waals surface area contributed by atoms with Gasteiger partial charge >= 0.3 is 0 Å². The lowest BCUT2D eigenvalue weighted by molar-refractivity contribution is -0.688. The molecule has 0 atom stereocenters. The van der Waals surface area contributed by atoms with E-state index in [1.165, 1.54) is 11.1 Å². The Kier molecular flexibility index (Phi) is 4.44. The number of imidazole rings is 1. The number of rotatable bonds is 6. The second-order valence-corrected chi connectivity index (χ2v) is 5.05. The van der Waals surface area contributed by atoms with E-state index in [0.29, 0.717) is 13.3 Å². The molecule has 0 bridgehead atoms. The largest absolute Gasteiger partial charge is 0.337 e. The van der Waals surface area contributed by atoms with Crippen LogP contribution in [0.25, 0.3) is 0 Å². The molecule has 0 amide bonds. The van der Waals surface area contributed by atoms with Gasteiger partial charge < -0.3 is 4.74 Å². The van der Waals surface area contributed by atoms with E-state index in [0.717, 1.165) is 6.54 Å². The Labute approximate surface area is 125 Å². The maximum Gasteiger partial charge on any atom is 0.245 e. The van der Waals surface area contributed by atoms with Crippen LogP contribution in [-0.2, 0) is 24.6 Å². The first-order valence-electron chi connectivity index (χ1n) is 7.10. The van der Waals surface area contributed by atoms with Crippen LogP contribution < -0.4 is 4.57 Å². The number of aromatic nitrogens is 2. The monoisotopic (exact) mass is 279 g/mol. The van der Waals surface area contributed by atoms with E-state index in [2.05, 4.69) is 53.5 Å². The zero-order valence-electron chi connectivity index (χ0n) is 11.9. The van der Waals surface area contributed by atoms with Crippen LogP contribution in [0, 0.1) is 0 Å². The van der Waals surface area contributed by atoms with Crippen LogP contribution in [0.4, 0.5) is 0 Å². The zero-order chi connectivity index (χ0) is 14.3. The van der Waals surface area contributed by atoms with E-state index in [1.54, 1.807) is 0 Å². The standard InChI is InChI=1S/C18H19N2O/c1-3-7-17(8-4-1)13-19-11-12-20(15-19)16-21-14-18-9-5-2-6-10-18/h1-12,15H,13-14,16H2/q+1. The van der Waals surface area contributed by atoms with Gasteiger partial charge in [0.15, 0.2) is 6.73 Å². The van der Waals surface area contributed by atoms with Crippen molar-refractivity contribution in [2.45, 2.75) is 19.9 Å². The Morgan fingerprint density at radius 3 is 2.24 bits per heavy atom. The fourth-order valence-corrected chi connectivity index (χ4v) is 2.25. The quantitative estimate of drug-likeness (QED) is 0.634. The maximum atomic E-state index is 5.72. The lowest BCUT2D eigenvalue weighted by Gasteiger charge is -2.01. The second kappa shape index (κ2) is 6.86. The summed E-state index contributed by atoms with van der Waals surface area (Å²) in [5, 5.41) is 0. The van der Waals surface area contributed by atoms with Gasteiger partial charge in [0, 0.05) is 0 Å². The summed E-state index contributed by atoms with van der Waals surface area (Å²) in [6.45, 7) is 2.08. The normalized spacial score (nSPS) is 10.7. The second-order valence-electron chi connectivity index (χ2n) is 5.05. The summed E-state index contributed by atoms with van der Waals surface area (Å²) in [4.78, 5) is 0. The molecular formula is C18H19N2O+. The number of hydrogen-bond acceptors (Lipinski definition) is 1. The van der Waals surface area contributed by atoms with Gasteiger partial charge in [-0.1, -0.05) is 60.7 Å². The molecule has 0 aliphatic carbocycles. The van der Waals surface area contributed by atoms with Crippen molar-refractivity contribution in [3.05, 3.63) is 90.5 Å². The predicted molar refractivity (Wildman–Crippen MR) is 81.4 cm³/mol. The SMILES string of the molecule is c1ccc(COCn2cc[n+](Cc3ccccc3)c2)cc1. The van der Waals surface area contributed by atoms with Crippen LogP contribution in [0.15, 0.2) is 79.4 Å². The van der Waals surface area contributed by atoms with E-state index in [4.69, 9.17) is 4.74 Å². The highest BCUT2D eigenvalue weighted by Crippen LogP contribution is 2.01. The molecule has 1 aromatic heterocycles. The summed E-state index contributed by atoms with van der Waals surface area (Å²) in [6, 6.07) is 20.7. The zero-order valence-corrected chi connectivity index (χ0v) is 11.9. The van der Waals surface area contributed by atoms with Gasteiger partial charge in [0.2, 0.25) is 6.33 Å². The van der Waals surface area contributed by atoms with Gasteiger partial charge in [0.25, 0.3) is 0 Å². The molecule has 0 aliphatic rings. The van der Waals surface area contributed by atoms with Crippen molar-refractivity contribution >= 4 is 0 Å². The van der Waals surface area contributed by atoms with E-state index in [-0.39, 0.29) is 0 Å². The molecule has 0 saturated heterocycles. The van der Waals surface area contributed by atoms with Crippen molar-refractivity contribution in [3.63, 3.8) is 0 Å². The Morgan fingerprint density at radius 2 is 1.52 bits per heavy atom. The summed E-state index contributed by atoms with van der Waals surface area (Å²) >= 11 is 0. The Morgan fingerprint density at radius 1 is 0.857 bits per heavy atom. The number of hydrogen-bond donors (Lipinski definition) is 0. The highest BCUT2D eigenvalue weighted by molar-refractivity contribution is 5.13. The van der Waals surface area contributed by atoms with Crippen LogP contribution >= 0.6 is 0 Å². The lowest BCUT2D eigenvalue weighted by Crippen LogP contribution is -2.31. The number of benzene rings is 2. The third kappa shape index (κ3) is 4.04. The molecule has 0 saturated carbocycles. The summed E-state index contributed by atoms with van der Waals surface area (Å²) in [5.41, 5.74) is 2.49. The summed E-state index contributed by atoms with van der Waals surface area (Å²) in [5.74, 6) is 0. The Balaban J connectivity index is 1.51. The fourth-order valence-electron chi connectivity index (χ4n) is 2.25. The lowest BCUT2D eigenvalue weighted by atomic mass is 10.2. The average Bonchev–Trinajstić information content (AvgIpc) is 2.97. The van der Waals surface area contributed by atoms with Gasteiger partial charge in [-0.25, -0.2) is 9.13 Å². The number of nitrogens with zero attached hydrogens (tertiary/aromatic N) is 2. The minimum atomic E-state index is 0.566. The van der Waals surface area contributed by atoms with E-state index < -0.39 is 0 Å². The molecule has 0 unspecified atom stereocenters. The first-order chi connectivity index (χ1) is 10.4. The molecule has 106 valence electrons. The highest BCUT2D eigenvalue weighted by Gasteiger charge is 2.04. The minimum Gasteiger partial charge on any atom is -0.337 e. The van der Waals surface area contributed by atoms with Crippen LogP contribution in [0.2, 0.25) is 0 Å². The molecule has 3 nitrogen and oxygen atoms in total. The Hall–Kier alpha value is -2.39. The van der Waals surface area contributed by atoms with Crippen molar-refractivity contribution in [1.82, 2.24) is 4.57 Å². The topological polar surface area (TPSA) is 18.0 Å². The predicted octanol–water partition coefficient (Wildman–Crippen LogP) is 3.00. The van der Waals surface area contributed by atoms with Crippen molar-refractivity contribution in [2.75, 3.05) is 0 Å².